The van der Waals surface area contributed by atoms with Crippen molar-refractivity contribution in [2.75, 3.05) is 19.6 Å². The molecule has 2 fully saturated rings. The maximum atomic E-state index is 12.4. The summed E-state index contributed by atoms with van der Waals surface area (Å²) in [6.07, 6.45) is 1.89. The van der Waals surface area contributed by atoms with Gasteiger partial charge in [-0.3, -0.25) is 0 Å². The first-order valence-electron chi connectivity index (χ1n) is 7.67. The normalized spacial score (nSPS) is 24.0. The Hall–Kier alpha value is -1.82. The minimum Gasteiger partial charge on any atom is -0.445 e. The number of ether oxygens (including phenoxy) is 1. The summed E-state index contributed by atoms with van der Waals surface area (Å²) in [5.74, 6) is 0.444. The van der Waals surface area contributed by atoms with E-state index in [9.17, 15) is 4.79 Å². The molecule has 0 unspecified atom stereocenters. The Labute approximate surface area is 136 Å². The third kappa shape index (κ3) is 3.16. The topological polar surface area (TPSA) is 58.8 Å². The van der Waals surface area contributed by atoms with Crippen LogP contribution in [0, 0.1) is 5.92 Å². The minimum atomic E-state index is -0.233. The second-order valence-electron chi connectivity index (χ2n) is 5.95. The Bertz CT molecular complexity index is 552. The largest absolute Gasteiger partial charge is 0.445 e. The van der Waals surface area contributed by atoms with E-state index in [1.54, 1.807) is 0 Å². The molecule has 2 atom stereocenters. The van der Waals surface area contributed by atoms with Crippen molar-refractivity contribution >= 4 is 23.4 Å². The summed E-state index contributed by atoms with van der Waals surface area (Å²) in [5.41, 5.74) is 6.73. The highest BCUT2D eigenvalue weighted by atomic mass is 32.1. The molecule has 0 saturated carbocycles. The zero-order valence-electron chi connectivity index (χ0n) is 12.5. The average molecular weight is 319 g/mol. The molecular weight excluding hydrogens is 298 g/mol. The van der Waals surface area contributed by atoms with E-state index in [1.807, 2.05) is 40.1 Å². The van der Waals surface area contributed by atoms with E-state index in [2.05, 4.69) is 0 Å². The lowest BCUT2D eigenvalue weighted by Crippen LogP contribution is -2.48. The van der Waals surface area contributed by atoms with E-state index in [-0.39, 0.29) is 12.1 Å². The van der Waals surface area contributed by atoms with Crippen LogP contribution in [0.3, 0.4) is 0 Å². The molecule has 0 spiro atoms. The molecule has 5 nitrogen and oxygen atoms in total. The molecular formula is C16H21N3O2S. The predicted octanol–water partition coefficient (Wildman–Crippen LogP) is 1.96. The van der Waals surface area contributed by atoms with Crippen molar-refractivity contribution in [3.63, 3.8) is 0 Å². The second kappa shape index (κ2) is 6.52. The van der Waals surface area contributed by atoms with Crippen molar-refractivity contribution in [2.24, 2.45) is 11.7 Å². The van der Waals surface area contributed by atoms with Crippen molar-refractivity contribution in [1.29, 1.82) is 0 Å². The van der Waals surface area contributed by atoms with Crippen molar-refractivity contribution in [3.05, 3.63) is 35.9 Å². The van der Waals surface area contributed by atoms with Crippen LogP contribution >= 0.6 is 12.2 Å². The Kier molecular flexibility index (Phi) is 4.47. The zero-order valence-corrected chi connectivity index (χ0v) is 13.3. The number of nitrogens with two attached hydrogens (primary N) is 1. The summed E-state index contributed by atoms with van der Waals surface area (Å²) in [4.78, 5) is 16.3. The SMILES string of the molecule is NC(=S)N1C[C@@H]2CCCN(C(=O)OCc3ccccc3)[C@@H]2C1. The maximum absolute atomic E-state index is 12.4. The van der Waals surface area contributed by atoms with E-state index < -0.39 is 0 Å². The van der Waals surface area contributed by atoms with Crippen LogP contribution in [-0.4, -0.2) is 46.7 Å². The summed E-state index contributed by atoms with van der Waals surface area (Å²) in [5, 5.41) is 0.423. The number of piperidine rings is 1. The van der Waals surface area contributed by atoms with Crippen LogP contribution < -0.4 is 5.73 Å². The van der Waals surface area contributed by atoms with Gasteiger partial charge in [0.25, 0.3) is 0 Å². The molecule has 2 aliphatic heterocycles. The summed E-state index contributed by atoms with van der Waals surface area (Å²) < 4.78 is 5.48. The van der Waals surface area contributed by atoms with Gasteiger partial charge in [-0.15, -0.1) is 0 Å². The fourth-order valence-electron chi connectivity index (χ4n) is 3.39. The van der Waals surface area contributed by atoms with Crippen LogP contribution in [0.25, 0.3) is 0 Å². The molecule has 118 valence electrons. The fourth-order valence-corrected chi connectivity index (χ4v) is 3.54. The zero-order chi connectivity index (χ0) is 15.5. The van der Waals surface area contributed by atoms with Crippen LogP contribution in [0.2, 0.25) is 0 Å². The van der Waals surface area contributed by atoms with Crippen LogP contribution in [-0.2, 0) is 11.3 Å². The van der Waals surface area contributed by atoms with Gasteiger partial charge in [-0.1, -0.05) is 30.3 Å². The number of hydrogen-bond donors (Lipinski definition) is 1. The lowest BCUT2D eigenvalue weighted by atomic mass is 9.92. The second-order valence-corrected chi connectivity index (χ2v) is 6.36. The Morgan fingerprint density at radius 2 is 2.09 bits per heavy atom. The van der Waals surface area contributed by atoms with Crippen molar-refractivity contribution in [3.8, 4) is 0 Å². The highest BCUT2D eigenvalue weighted by Gasteiger charge is 2.41. The van der Waals surface area contributed by atoms with Crippen LogP contribution in [0.1, 0.15) is 18.4 Å². The predicted molar refractivity (Wildman–Crippen MR) is 88.2 cm³/mol. The first-order valence-corrected chi connectivity index (χ1v) is 8.07. The number of nitrogens with zero attached hydrogens (tertiary/aromatic N) is 2. The lowest BCUT2D eigenvalue weighted by Gasteiger charge is -2.35. The van der Waals surface area contributed by atoms with Gasteiger partial charge < -0.3 is 20.3 Å². The van der Waals surface area contributed by atoms with Gasteiger partial charge in [0.1, 0.15) is 6.61 Å². The number of hydrogen-bond acceptors (Lipinski definition) is 3. The molecule has 0 bridgehead atoms. The van der Waals surface area contributed by atoms with Crippen LogP contribution in [0.15, 0.2) is 30.3 Å². The molecule has 1 amide bonds. The summed E-state index contributed by atoms with van der Waals surface area (Å²) >= 11 is 5.07. The molecule has 6 heteroatoms. The number of rotatable bonds is 2. The number of benzene rings is 1. The van der Waals surface area contributed by atoms with Gasteiger partial charge in [0.2, 0.25) is 0 Å². The molecule has 3 rings (SSSR count). The molecule has 2 N–H and O–H groups in total. The number of amides is 1. The summed E-state index contributed by atoms with van der Waals surface area (Å²) in [7, 11) is 0. The fraction of sp³-hybridized carbons (Fsp3) is 0.500. The van der Waals surface area contributed by atoms with Crippen molar-refractivity contribution in [2.45, 2.75) is 25.5 Å². The van der Waals surface area contributed by atoms with Crippen LogP contribution in [0.5, 0.6) is 0 Å². The molecule has 1 aromatic rings. The summed E-state index contributed by atoms with van der Waals surface area (Å²) in [6, 6.07) is 9.91. The standard InChI is InChI=1S/C16H21N3O2S/c17-15(22)18-9-13-7-4-8-19(14(13)10-18)16(20)21-11-12-5-2-1-3-6-12/h1-3,5-6,13-14H,4,7-11H2,(H2,17,22)/t13-,14+/m0/s1. The molecule has 0 aromatic heterocycles. The van der Waals surface area contributed by atoms with Gasteiger partial charge in [-0.25, -0.2) is 4.79 Å². The smallest absolute Gasteiger partial charge is 0.410 e. The van der Waals surface area contributed by atoms with Crippen molar-refractivity contribution < 1.29 is 9.53 Å². The quantitative estimate of drug-likeness (QED) is 0.845. The molecule has 2 aliphatic rings. The molecule has 2 saturated heterocycles. The Morgan fingerprint density at radius 3 is 2.82 bits per heavy atom. The first kappa shape index (κ1) is 15.1. The molecule has 1 aromatic carbocycles. The third-order valence-electron chi connectivity index (χ3n) is 4.53. The molecule has 0 aliphatic carbocycles. The number of thiocarbonyl (C=S) groups is 1. The van der Waals surface area contributed by atoms with Gasteiger partial charge in [0.15, 0.2) is 5.11 Å². The summed E-state index contributed by atoms with van der Waals surface area (Å²) in [6.45, 7) is 2.63. The van der Waals surface area contributed by atoms with E-state index in [1.165, 1.54) is 0 Å². The number of carbonyl (C=O) groups is 1. The van der Waals surface area contributed by atoms with E-state index in [4.69, 9.17) is 22.7 Å². The van der Waals surface area contributed by atoms with Crippen LogP contribution in [0.4, 0.5) is 4.79 Å². The molecule has 2 heterocycles. The highest BCUT2D eigenvalue weighted by Crippen LogP contribution is 2.31. The Morgan fingerprint density at radius 1 is 1.32 bits per heavy atom. The lowest BCUT2D eigenvalue weighted by molar-refractivity contribution is 0.0611. The van der Waals surface area contributed by atoms with E-state index >= 15 is 0 Å². The van der Waals surface area contributed by atoms with Gasteiger partial charge in [-0.05, 0) is 36.5 Å². The van der Waals surface area contributed by atoms with Gasteiger partial charge in [0.05, 0.1) is 6.04 Å². The molecule has 0 radical (unpaired) electrons. The highest BCUT2D eigenvalue weighted by molar-refractivity contribution is 7.80. The van der Waals surface area contributed by atoms with E-state index in [0.29, 0.717) is 17.6 Å². The monoisotopic (exact) mass is 319 g/mol. The van der Waals surface area contributed by atoms with Crippen molar-refractivity contribution in [1.82, 2.24) is 9.80 Å². The first-order chi connectivity index (χ1) is 10.6. The minimum absolute atomic E-state index is 0.165. The number of carbonyl (C=O) groups excluding carboxylic acids is 1. The van der Waals surface area contributed by atoms with Gasteiger partial charge in [-0.2, -0.15) is 0 Å². The third-order valence-corrected chi connectivity index (χ3v) is 4.79. The average Bonchev–Trinajstić information content (AvgIpc) is 2.98. The maximum Gasteiger partial charge on any atom is 0.410 e. The van der Waals surface area contributed by atoms with Gasteiger partial charge in [0, 0.05) is 19.6 Å². The Balaban J connectivity index is 1.61. The number of fused-ring (bicyclic) bond motifs is 1. The van der Waals surface area contributed by atoms with E-state index in [0.717, 1.165) is 38.0 Å². The van der Waals surface area contributed by atoms with Gasteiger partial charge >= 0.3 is 6.09 Å². The number of likely N-dealkylation sites (tertiary alicyclic amines) is 2. The molecule has 22 heavy (non-hydrogen) atoms.